The fourth-order valence-corrected chi connectivity index (χ4v) is 5.34. The van der Waals surface area contributed by atoms with Gasteiger partial charge in [0.1, 0.15) is 0 Å². The predicted octanol–water partition coefficient (Wildman–Crippen LogP) is 7.30. The molecule has 1 aliphatic carbocycles. The minimum Gasteiger partial charge on any atom is -0.399 e. The molecule has 0 radical (unpaired) electrons. The third kappa shape index (κ3) is 2.65. The van der Waals surface area contributed by atoms with Crippen molar-refractivity contribution in [1.29, 1.82) is 0 Å². The summed E-state index contributed by atoms with van der Waals surface area (Å²) in [5.74, 6) is 0. The summed E-state index contributed by atoms with van der Waals surface area (Å²) in [6, 6.07) is 45.5. The molecule has 0 saturated carbocycles. The van der Waals surface area contributed by atoms with Gasteiger partial charge in [-0.05, 0) is 62.7 Å². The van der Waals surface area contributed by atoms with E-state index in [0.717, 1.165) is 5.69 Å². The Morgan fingerprint density at radius 3 is 1.88 bits per heavy atom. The zero-order valence-corrected chi connectivity index (χ0v) is 17.7. The second-order valence-electron chi connectivity index (χ2n) is 8.41. The number of anilines is 1. The molecule has 0 fully saturated rings. The standard InChI is InChI=1S/C31H23N/c32-26-18-19-28-27-16-7-8-17-29(27)31(30(28)21-26,24-13-5-2-6-14-24)25-15-9-12-23(20-25)22-10-3-1-4-11-22/h1-21H,32H2. The van der Waals surface area contributed by atoms with Crippen molar-refractivity contribution in [3.8, 4) is 22.3 Å². The van der Waals surface area contributed by atoms with Gasteiger partial charge in [0.05, 0.1) is 5.41 Å². The van der Waals surface area contributed by atoms with E-state index in [2.05, 4.69) is 121 Å². The van der Waals surface area contributed by atoms with Crippen LogP contribution in [0.2, 0.25) is 0 Å². The van der Waals surface area contributed by atoms with Crippen LogP contribution in [0.4, 0.5) is 5.69 Å². The van der Waals surface area contributed by atoms with E-state index in [9.17, 15) is 0 Å². The van der Waals surface area contributed by atoms with E-state index in [0.29, 0.717) is 0 Å². The second-order valence-corrected chi connectivity index (χ2v) is 8.41. The molecular weight excluding hydrogens is 386 g/mol. The van der Waals surface area contributed by atoms with E-state index in [4.69, 9.17) is 5.73 Å². The molecule has 0 aromatic heterocycles. The van der Waals surface area contributed by atoms with Gasteiger partial charge in [-0.2, -0.15) is 0 Å². The largest absolute Gasteiger partial charge is 0.399 e. The Hall–Kier alpha value is -4.10. The summed E-state index contributed by atoms with van der Waals surface area (Å²) in [7, 11) is 0. The van der Waals surface area contributed by atoms with Crippen LogP contribution in [0.1, 0.15) is 22.3 Å². The van der Waals surface area contributed by atoms with Crippen molar-refractivity contribution in [3.63, 3.8) is 0 Å². The Labute approximate surface area is 188 Å². The summed E-state index contributed by atoms with van der Waals surface area (Å²) >= 11 is 0. The molecule has 0 bridgehead atoms. The molecule has 0 amide bonds. The number of hydrogen-bond acceptors (Lipinski definition) is 1. The highest BCUT2D eigenvalue weighted by Gasteiger charge is 2.46. The van der Waals surface area contributed by atoms with Crippen LogP contribution in [0.5, 0.6) is 0 Å². The normalized spacial score (nSPS) is 16.4. The number of nitrogens with two attached hydrogens (primary N) is 1. The third-order valence-corrected chi connectivity index (χ3v) is 6.68. The molecule has 0 heterocycles. The first-order chi connectivity index (χ1) is 15.8. The zero-order valence-electron chi connectivity index (χ0n) is 17.7. The first-order valence-corrected chi connectivity index (χ1v) is 11.0. The van der Waals surface area contributed by atoms with Crippen LogP contribution in [-0.4, -0.2) is 0 Å². The van der Waals surface area contributed by atoms with Gasteiger partial charge in [-0.25, -0.2) is 0 Å². The van der Waals surface area contributed by atoms with Gasteiger partial charge in [0, 0.05) is 5.69 Å². The van der Waals surface area contributed by atoms with Crippen LogP contribution in [0.3, 0.4) is 0 Å². The third-order valence-electron chi connectivity index (χ3n) is 6.68. The topological polar surface area (TPSA) is 26.0 Å². The van der Waals surface area contributed by atoms with E-state index >= 15 is 0 Å². The summed E-state index contributed by atoms with van der Waals surface area (Å²) in [6.07, 6.45) is 0. The fraction of sp³-hybridized carbons (Fsp3) is 0.0323. The van der Waals surface area contributed by atoms with Crippen molar-refractivity contribution in [1.82, 2.24) is 0 Å². The maximum absolute atomic E-state index is 6.36. The molecule has 1 atom stereocenters. The van der Waals surface area contributed by atoms with Crippen LogP contribution in [0.15, 0.2) is 127 Å². The molecule has 2 N–H and O–H groups in total. The van der Waals surface area contributed by atoms with Gasteiger partial charge < -0.3 is 5.73 Å². The summed E-state index contributed by atoms with van der Waals surface area (Å²) in [5.41, 5.74) is 16.7. The summed E-state index contributed by atoms with van der Waals surface area (Å²) < 4.78 is 0. The summed E-state index contributed by atoms with van der Waals surface area (Å²) in [5, 5.41) is 0. The Morgan fingerprint density at radius 2 is 1.06 bits per heavy atom. The zero-order chi connectivity index (χ0) is 21.5. The molecule has 6 rings (SSSR count). The highest BCUT2D eigenvalue weighted by atomic mass is 14.6. The molecule has 0 spiro atoms. The summed E-state index contributed by atoms with van der Waals surface area (Å²) in [4.78, 5) is 0. The first kappa shape index (κ1) is 18.7. The van der Waals surface area contributed by atoms with Crippen molar-refractivity contribution in [2.75, 3.05) is 5.73 Å². The minimum atomic E-state index is -0.423. The number of rotatable bonds is 3. The lowest BCUT2D eigenvalue weighted by Crippen LogP contribution is -2.28. The van der Waals surface area contributed by atoms with E-state index in [-0.39, 0.29) is 0 Å². The molecule has 5 aromatic carbocycles. The monoisotopic (exact) mass is 409 g/mol. The predicted molar refractivity (Wildman–Crippen MR) is 134 cm³/mol. The number of nitrogen functional groups attached to an aromatic ring is 1. The molecule has 5 aromatic rings. The lowest BCUT2D eigenvalue weighted by Gasteiger charge is -2.34. The van der Waals surface area contributed by atoms with Gasteiger partial charge in [0.2, 0.25) is 0 Å². The average Bonchev–Trinajstić information content (AvgIpc) is 3.15. The van der Waals surface area contributed by atoms with Crippen molar-refractivity contribution in [2.24, 2.45) is 0 Å². The molecular formula is C31H23N. The van der Waals surface area contributed by atoms with Gasteiger partial charge in [0.15, 0.2) is 0 Å². The van der Waals surface area contributed by atoms with E-state index in [1.807, 2.05) is 6.07 Å². The first-order valence-electron chi connectivity index (χ1n) is 11.0. The average molecular weight is 410 g/mol. The van der Waals surface area contributed by atoms with Gasteiger partial charge in [-0.1, -0.05) is 109 Å². The fourth-order valence-electron chi connectivity index (χ4n) is 5.34. The molecule has 0 aliphatic heterocycles. The maximum atomic E-state index is 6.36. The molecule has 1 aliphatic rings. The maximum Gasteiger partial charge on any atom is 0.0714 e. The van der Waals surface area contributed by atoms with E-state index in [1.165, 1.54) is 44.5 Å². The number of hydrogen-bond donors (Lipinski definition) is 1. The minimum absolute atomic E-state index is 0.423. The van der Waals surface area contributed by atoms with Gasteiger partial charge in [-0.15, -0.1) is 0 Å². The lowest BCUT2D eigenvalue weighted by molar-refractivity contribution is 0.769. The van der Waals surface area contributed by atoms with Crippen LogP contribution < -0.4 is 5.73 Å². The van der Waals surface area contributed by atoms with E-state index < -0.39 is 5.41 Å². The van der Waals surface area contributed by atoms with Crippen LogP contribution in [0, 0.1) is 0 Å². The molecule has 1 heteroatoms. The molecule has 0 saturated heterocycles. The van der Waals surface area contributed by atoms with Crippen molar-refractivity contribution < 1.29 is 0 Å². The van der Waals surface area contributed by atoms with Crippen molar-refractivity contribution in [3.05, 3.63) is 150 Å². The number of fused-ring (bicyclic) bond motifs is 3. The van der Waals surface area contributed by atoms with Gasteiger partial charge >= 0.3 is 0 Å². The van der Waals surface area contributed by atoms with Crippen molar-refractivity contribution in [2.45, 2.75) is 5.41 Å². The Morgan fingerprint density at radius 1 is 0.438 bits per heavy atom. The quantitative estimate of drug-likeness (QED) is 0.305. The van der Waals surface area contributed by atoms with Gasteiger partial charge in [0.25, 0.3) is 0 Å². The second kappa shape index (κ2) is 7.25. The molecule has 152 valence electrons. The molecule has 1 nitrogen and oxygen atoms in total. The molecule has 1 unspecified atom stereocenters. The van der Waals surface area contributed by atoms with E-state index in [1.54, 1.807) is 0 Å². The van der Waals surface area contributed by atoms with Crippen LogP contribution in [0.25, 0.3) is 22.3 Å². The number of benzene rings is 5. The molecule has 32 heavy (non-hydrogen) atoms. The highest BCUT2D eigenvalue weighted by Crippen LogP contribution is 2.56. The lowest BCUT2D eigenvalue weighted by atomic mass is 9.67. The van der Waals surface area contributed by atoms with Gasteiger partial charge in [-0.3, -0.25) is 0 Å². The SMILES string of the molecule is Nc1ccc2c(c1)C(c1ccccc1)(c1cccc(-c3ccccc3)c1)c1ccccc1-2. The smallest absolute Gasteiger partial charge is 0.0714 e. The Kier molecular flexibility index (Phi) is 4.22. The van der Waals surface area contributed by atoms with Crippen LogP contribution >= 0.6 is 0 Å². The van der Waals surface area contributed by atoms with Crippen molar-refractivity contribution >= 4 is 5.69 Å². The highest BCUT2D eigenvalue weighted by molar-refractivity contribution is 5.87. The Balaban J connectivity index is 1.73. The van der Waals surface area contributed by atoms with Crippen LogP contribution in [-0.2, 0) is 5.41 Å². The summed E-state index contributed by atoms with van der Waals surface area (Å²) in [6.45, 7) is 0. The Bertz CT molecular complexity index is 1420.